The van der Waals surface area contributed by atoms with Gasteiger partial charge in [-0.15, -0.1) is 0 Å². The van der Waals surface area contributed by atoms with Crippen molar-refractivity contribution in [1.82, 2.24) is 9.80 Å². The van der Waals surface area contributed by atoms with E-state index in [4.69, 9.17) is 5.73 Å². The molecule has 0 radical (unpaired) electrons. The van der Waals surface area contributed by atoms with Gasteiger partial charge in [0.15, 0.2) is 0 Å². The van der Waals surface area contributed by atoms with E-state index in [2.05, 4.69) is 19.8 Å². The highest BCUT2D eigenvalue weighted by Gasteiger charge is 2.17. The summed E-state index contributed by atoms with van der Waals surface area (Å²) in [5, 5.41) is 0. The van der Waals surface area contributed by atoms with Gasteiger partial charge in [-0.05, 0) is 0 Å². The van der Waals surface area contributed by atoms with Crippen molar-refractivity contribution in [2.45, 2.75) is 6.17 Å². The minimum atomic E-state index is 0.0517. The topological polar surface area (TPSA) is 57.2 Å². The van der Waals surface area contributed by atoms with E-state index in [1.54, 1.807) is 0 Å². The molecule has 0 saturated heterocycles. The summed E-state index contributed by atoms with van der Waals surface area (Å²) in [4.78, 5) is 12.5. The van der Waals surface area contributed by atoms with E-state index in [0.717, 1.165) is 32.7 Å². The predicted octanol–water partition coefficient (Wildman–Crippen LogP) is -1.04. The molecule has 5 nitrogen and oxygen atoms in total. The number of hydrogen-bond donors (Lipinski definition) is 1. The lowest BCUT2D eigenvalue weighted by Gasteiger charge is -2.26. The molecule has 1 atom stereocenters. The van der Waals surface area contributed by atoms with Crippen molar-refractivity contribution < 1.29 is 0 Å². The van der Waals surface area contributed by atoms with E-state index < -0.39 is 0 Å². The van der Waals surface area contributed by atoms with E-state index in [0.29, 0.717) is 0 Å². The molecule has 2 aliphatic heterocycles. The first-order valence-electron chi connectivity index (χ1n) is 4.61. The molecule has 5 heteroatoms. The van der Waals surface area contributed by atoms with Crippen LogP contribution in [0.1, 0.15) is 0 Å². The first-order chi connectivity index (χ1) is 6.36. The quantitative estimate of drug-likeness (QED) is 0.605. The molecule has 1 unspecified atom stereocenters. The van der Waals surface area contributed by atoms with Gasteiger partial charge in [-0.1, -0.05) is 0 Å². The summed E-state index contributed by atoms with van der Waals surface area (Å²) in [6.07, 6.45) is 3.78. The van der Waals surface area contributed by atoms with E-state index in [-0.39, 0.29) is 6.17 Å². The van der Waals surface area contributed by atoms with E-state index in [9.17, 15) is 0 Å². The van der Waals surface area contributed by atoms with Gasteiger partial charge in [0.25, 0.3) is 0 Å². The largest absolute Gasteiger partial charge is 0.358 e. The Kier molecular flexibility index (Phi) is 2.44. The van der Waals surface area contributed by atoms with Crippen molar-refractivity contribution in [3.63, 3.8) is 0 Å². The van der Waals surface area contributed by atoms with Gasteiger partial charge in [0, 0.05) is 13.1 Å². The van der Waals surface area contributed by atoms with Crippen LogP contribution in [-0.4, -0.2) is 61.4 Å². The zero-order chi connectivity index (χ0) is 9.10. The lowest BCUT2D eigenvalue weighted by Crippen LogP contribution is -2.47. The molecule has 0 aromatic carbocycles. The fourth-order valence-electron chi connectivity index (χ4n) is 1.55. The highest BCUT2D eigenvalue weighted by Crippen LogP contribution is 2.00. The summed E-state index contributed by atoms with van der Waals surface area (Å²) in [6, 6.07) is 0. The van der Waals surface area contributed by atoms with Gasteiger partial charge < -0.3 is 15.5 Å². The third kappa shape index (κ3) is 1.98. The summed E-state index contributed by atoms with van der Waals surface area (Å²) >= 11 is 0. The molecule has 0 aromatic rings. The fraction of sp³-hybridized carbons (Fsp3) is 0.750. The average molecular weight is 181 g/mol. The molecule has 0 saturated carbocycles. The molecule has 0 aromatic heterocycles. The number of aliphatic imine (C=N–C) groups is 2. The molecule has 72 valence electrons. The van der Waals surface area contributed by atoms with Gasteiger partial charge in [-0.2, -0.15) is 0 Å². The van der Waals surface area contributed by atoms with Gasteiger partial charge in [0.05, 0.1) is 38.5 Å². The molecule has 2 aliphatic rings. The van der Waals surface area contributed by atoms with Crippen LogP contribution in [0.4, 0.5) is 0 Å². The smallest absolute Gasteiger partial charge is 0.0957 e. The summed E-state index contributed by atoms with van der Waals surface area (Å²) in [6.45, 7) is 4.57. The maximum absolute atomic E-state index is 5.99. The van der Waals surface area contributed by atoms with Crippen LogP contribution in [0.15, 0.2) is 9.98 Å². The second kappa shape index (κ2) is 3.74. The first kappa shape index (κ1) is 8.50. The fourth-order valence-corrected chi connectivity index (χ4v) is 1.55. The molecule has 2 rings (SSSR count). The number of rotatable bonds is 3. The Morgan fingerprint density at radius 2 is 2.00 bits per heavy atom. The molecular formula is C8H15N5. The third-order valence-corrected chi connectivity index (χ3v) is 2.33. The Morgan fingerprint density at radius 3 is 2.62 bits per heavy atom. The SMILES string of the molecule is NC(CN1C=NCC1)N1C=NCC1. The zero-order valence-corrected chi connectivity index (χ0v) is 7.63. The van der Waals surface area contributed by atoms with Crippen molar-refractivity contribution in [3.8, 4) is 0 Å². The second-order valence-corrected chi connectivity index (χ2v) is 3.34. The van der Waals surface area contributed by atoms with Gasteiger partial charge in [-0.3, -0.25) is 9.98 Å². The maximum atomic E-state index is 5.99. The minimum Gasteiger partial charge on any atom is -0.358 e. The standard InChI is InChI=1S/C8H15N5/c9-8(13-4-2-11-7-13)5-12-3-1-10-6-12/h6-8H,1-5,9H2. The molecule has 0 aliphatic carbocycles. The van der Waals surface area contributed by atoms with Crippen LogP contribution < -0.4 is 5.73 Å². The summed E-state index contributed by atoms with van der Waals surface area (Å²) < 4.78 is 0. The van der Waals surface area contributed by atoms with Crippen molar-refractivity contribution in [2.75, 3.05) is 32.7 Å². The monoisotopic (exact) mass is 181 g/mol. The lowest BCUT2D eigenvalue weighted by atomic mass is 10.4. The molecule has 13 heavy (non-hydrogen) atoms. The molecule has 0 fully saturated rings. The van der Waals surface area contributed by atoms with Crippen LogP contribution in [0.25, 0.3) is 0 Å². The molecule has 0 amide bonds. The second-order valence-electron chi connectivity index (χ2n) is 3.34. The van der Waals surface area contributed by atoms with Crippen molar-refractivity contribution >= 4 is 12.7 Å². The van der Waals surface area contributed by atoms with Gasteiger partial charge in [0.1, 0.15) is 0 Å². The molecular weight excluding hydrogens is 166 g/mol. The predicted molar refractivity (Wildman–Crippen MR) is 53.0 cm³/mol. The Labute approximate surface area is 77.9 Å². The Balaban J connectivity index is 1.79. The van der Waals surface area contributed by atoms with Crippen LogP contribution in [-0.2, 0) is 0 Å². The highest BCUT2D eigenvalue weighted by atomic mass is 15.3. The Hall–Kier alpha value is -1.10. The van der Waals surface area contributed by atoms with Gasteiger partial charge >= 0.3 is 0 Å². The normalized spacial score (nSPS) is 23.2. The molecule has 0 spiro atoms. The molecule has 0 bridgehead atoms. The number of hydrogen-bond acceptors (Lipinski definition) is 5. The van der Waals surface area contributed by atoms with Crippen molar-refractivity contribution in [1.29, 1.82) is 0 Å². The first-order valence-corrected chi connectivity index (χ1v) is 4.61. The van der Waals surface area contributed by atoms with Gasteiger partial charge in [-0.25, -0.2) is 0 Å². The molecule has 2 heterocycles. The van der Waals surface area contributed by atoms with Crippen LogP contribution in [0, 0.1) is 0 Å². The number of nitrogens with two attached hydrogens (primary N) is 1. The van der Waals surface area contributed by atoms with E-state index >= 15 is 0 Å². The van der Waals surface area contributed by atoms with Gasteiger partial charge in [0.2, 0.25) is 0 Å². The zero-order valence-electron chi connectivity index (χ0n) is 7.63. The van der Waals surface area contributed by atoms with Crippen LogP contribution in [0.5, 0.6) is 0 Å². The van der Waals surface area contributed by atoms with E-state index in [1.807, 2.05) is 12.7 Å². The summed E-state index contributed by atoms with van der Waals surface area (Å²) in [5.41, 5.74) is 5.99. The van der Waals surface area contributed by atoms with Crippen molar-refractivity contribution in [3.05, 3.63) is 0 Å². The highest BCUT2D eigenvalue weighted by molar-refractivity contribution is 5.59. The Morgan fingerprint density at radius 1 is 1.23 bits per heavy atom. The summed E-state index contributed by atoms with van der Waals surface area (Å²) in [7, 11) is 0. The Bertz CT molecular complexity index is 225. The van der Waals surface area contributed by atoms with Crippen molar-refractivity contribution in [2.24, 2.45) is 15.7 Å². The van der Waals surface area contributed by atoms with Crippen LogP contribution >= 0.6 is 0 Å². The molecule has 2 N–H and O–H groups in total. The van der Waals surface area contributed by atoms with E-state index in [1.165, 1.54) is 0 Å². The van der Waals surface area contributed by atoms with Crippen LogP contribution in [0.2, 0.25) is 0 Å². The summed E-state index contributed by atoms with van der Waals surface area (Å²) in [5.74, 6) is 0. The van der Waals surface area contributed by atoms with Crippen LogP contribution in [0.3, 0.4) is 0 Å². The lowest BCUT2D eigenvalue weighted by molar-refractivity contribution is 0.287. The average Bonchev–Trinajstić information content (AvgIpc) is 2.74. The third-order valence-electron chi connectivity index (χ3n) is 2.33. The minimum absolute atomic E-state index is 0.0517. The number of nitrogens with zero attached hydrogens (tertiary/aromatic N) is 4. The maximum Gasteiger partial charge on any atom is 0.0957 e.